The van der Waals surface area contributed by atoms with Gasteiger partial charge in [-0.1, -0.05) is 13.8 Å². The number of nitrogens with one attached hydrogen (secondary N) is 1. The molecule has 3 N–H and O–H groups in total. The van der Waals surface area contributed by atoms with Crippen LogP contribution in [-0.4, -0.2) is 23.8 Å². The highest BCUT2D eigenvalue weighted by molar-refractivity contribution is 5.88. The van der Waals surface area contributed by atoms with E-state index in [4.69, 9.17) is 5.73 Å². The molecule has 0 fully saturated rings. The average molecular weight is 218 g/mol. The van der Waals surface area contributed by atoms with E-state index in [0.29, 0.717) is 5.92 Å². The number of hydrogen-bond donors (Lipinski definition) is 2. The first kappa shape index (κ1) is 10.8. The van der Waals surface area contributed by atoms with Gasteiger partial charge in [0.2, 0.25) is 0 Å². The van der Waals surface area contributed by atoms with Crippen LogP contribution in [0.25, 0.3) is 10.9 Å². The van der Waals surface area contributed by atoms with Gasteiger partial charge in [-0.3, -0.25) is 5.10 Å². The molecular weight excluding hydrogens is 200 g/mol. The zero-order chi connectivity index (χ0) is 11.7. The molecule has 2 aromatic rings. The predicted octanol–water partition coefficient (Wildman–Crippen LogP) is 2.24. The molecule has 0 bridgehead atoms. The molecule has 0 saturated carbocycles. The van der Waals surface area contributed by atoms with Crippen molar-refractivity contribution in [2.24, 2.45) is 5.92 Å². The van der Waals surface area contributed by atoms with Gasteiger partial charge in [0, 0.05) is 19.0 Å². The SMILES string of the molecule is CC(C)CN(C)c1cc2[nH]ncc2cc1N. The molecule has 2 rings (SSSR count). The van der Waals surface area contributed by atoms with E-state index in [-0.39, 0.29) is 0 Å². The zero-order valence-corrected chi connectivity index (χ0v) is 9.99. The molecule has 0 atom stereocenters. The Bertz CT molecular complexity index is 487. The van der Waals surface area contributed by atoms with Gasteiger partial charge < -0.3 is 10.6 Å². The first-order valence-corrected chi connectivity index (χ1v) is 5.51. The number of benzene rings is 1. The molecular formula is C12H18N4. The lowest BCUT2D eigenvalue weighted by Gasteiger charge is -2.23. The number of hydrogen-bond acceptors (Lipinski definition) is 3. The number of H-pyrrole nitrogens is 1. The highest BCUT2D eigenvalue weighted by Gasteiger charge is 2.09. The smallest absolute Gasteiger partial charge is 0.0672 e. The molecule has 4 heteroatoms. The summed E-state index contributed by atoms with van der Waals surface area (Å²) in [5.74, 6) is 0.613. The first-order chi connectivity index (χ1) is 7.58. The Morgan fingerprint density at radius 3 is 2.88 bits per heavy atom. The molecule has 0 saturated heterocycles. The molecule has 4 nitrogen and oxygen atoms in total. The molecule has 1 heterocycles. The number of aromatic amines is 1. The van der Waals surface area contributed by atoms with Gasteiger partial charge in [0.25, 0.3) is 0 Å². The summed E-state index contributed by atoms with van der Waals surface area (Å²) in [6.07, 6.45) is 1.79. The number of nitrogen functional groups attached to an aromatic ring is 1. The van der Waals surface area contributed by atoms with Crippen LogP contribution in [0.4, 0.5) is 11.4 Å². The fourth-order valence-electron chi connectivity index (χ4n) is 1.97. The van der Waals surface area contributed by atoms with Crippen LogP contribution in [-0.2, 0) is 0 Å². The van der Waals surface area contributed by atoms with Crippen molar-refractivity contribution in [3.8, 4) is 0 Å². The monoisotopic (exact) mass is 218 g/mol. The Kier molecular flexibility index (Phi) is 2.73. The van der Waals surface area contributed by atoms with Crippen LogP contribution in [0.3, 0.4) is 0 Å². The molecule has 0 unspecified atom stereocenters. The maximum absolute atomic E-state index is 6.04. The topological polar surface area (TPSA) is 57.9 Å². The Labute approximate surface area is 95.4 Å². The van der Waals surface area contributed by atoms with Gasteiger partial charge in [-0.25, -0.2) is 0 Å². The number of aromatic nitrogens is 2. The third kappa shape index (κ3) is 1.96. The maximum Gasteiger partial charge on any atom is 0.0672 e. The third-order valence-electron chi connectivity index (χ3n) is 2.64. The molecule has 0 spiro atoms. The maximum atomic E-state index is 6.04. The van der Waals surface area contributed by atoms with Gasteiger partial charge >= 0.3 is 0 Å². The molecule has 0 aliphatic heterocycles. The summed E-state index contributed by atoms with van der Waals surface area (Å²) in [4.78, 5) is 2.18. The van der Waals surface area contributed by atoms with Crippen LogP contribution in [0.2, 0.25) is 0 Å². The van der Waals surface area contributed by atoms with Gasteiger partial charge in [-0.2, -0.15) is 5.10 Å². The van der Waals surface area contributed by atoms with E-state index in [2.05, 4.69) is 42.1 Å². The van der Waals surface area contributed by atoms with Gasteiger partial charge in [0.05, 0.1) is 23.1 Å². The standard InChI is InChI=1S/C12H18N4/c1-8(2)7-16(3)12-5-11-9(4-10(12)13)6-14-15-11/h4-6,8H,7,13H2,1-3H3,(H,14,15). The average Bonchev–Trinajstić information content (AvgIpc) is 2.61. The van der Waals surface area contributed by atoms with Crippen molar-refractivity contribution in [3.63, 3.8) is 0 Å². The number of rotatable bonds is 3. The van der Waals surface area contributed by atoms with Crippen molar-refractivity contribution in [2.75, 3.05) is 24.2 Å². The van der Waals surface area contributed by atoms with E-state index >= 15 is 0 Å². The van der Waals surface area contributed by atoms with Crippen LogP contribution >= 0.6 is 0 Å². The normalized spacial score (nSPS) is 11.2. The lowest BCUT2D eigenvalue weighted by atomic mass is 10.1. The summed E-state index contributed by atoms with van der Waals surface area (Å²) < 4.78 is 0. The lowest BCUT2D eigenvalue weighted by molar-refractivity contribution is 0.639. The van der Waals surface area contributed by atoms with Gasteiger partial charge in [-0.05, 0) is 18.1 Å². The minimum Gasteiger partial charge on any atom is -0.397 e. The number of nitrogens with two attached hydrogens (primary N) is 1. The summed E-state index contributed by atoms with van der Waals surface area (Å²) in [5, 5.41) is 8.02. The molecule has 86 valence electrons. The van der Waals surface area contributed by atoms with E-state index in [0.717, 1.165) is 28.8 Å². The van der Waals surface area contributed by atoms with Crippen molar-refractivity contribution in [3.05, 3.63) is 18.3 Å². The van der Waals surface area contributed by atoms with E-state index in [1.54, 1.807) is 6.20 Å². The summed E-state index contributed by atoms with van der Waals surface area (Å²) >= 11 is 0. The molecule has 1 aromatic carbocycles. The summed E-state index contributed by atoms with van der Waals surface area (Å²) in [6, 6.07) is 4.02. The molecule has 0 radical (unpaired) electrons. The van der Waals surface area contributed by atoms with Crippen molar-refractivity contribution >= 4 is 22.3 Å². The van der Waals surface area contributed by atoms with Gasteiger partial charge in [0.15, 0.2) is 0 Å². The second kappa shape index (κ2) is 4.04. The van der Waals surface area contributed by atoms with Crippen molar-refractivity contribution in [2.45, 2.75) is 13.8 Å². The number of fused-ring (bicyclic) bond motifs is 1. The predicted molar refractivity (Wildman–Crippen MR) is 68.6 cm³/mol. The fraction of sp³-hybridized carbons (Fsp3) is 0.417. The minimum atomic E-state index is 0.613. The van der Waals surface area contributed by atoms with Crippen molar-refractivity contribution < 1.29 is 0 Å². The third-order valence-corrected chi connectivity index (χ3v) is 2.64. The number of anilines is 2. The summed E-state index contributed by atoms with van der Waals surface area (Å²) in [5.41, 5.74) is 8.93. The van der Waals surface area contributed by atoms with Crippen LogP contribution in [0.15, 0.2) is 18.3 Å². The fourth-order valence-corrected chi connectivity index (χ4v) is 1.97. The van der Waals surface area contributed by atoms with Crippen LogP contribution in [0, 0.1) is 5.92 Å². The molecule has 0 amide bonds. The highest BCUT2D eigenvalue weighted by Crippen LogP contribution is 2.27. The summed E-state index contributed by atoms with van der Waals surface area (Å²) in [6.45, 7) is 5.38. The minimum absolute atomic E-state index is 0.613. The Morgan fingerprint density at radius 2 is 2.19 bits per heavy atom. The Hall–Kier alpha value is -1.71. The largest absolute Gasteiger partial charge is 0.397 e. The van der Waals surface area contributed by atoms with Gasteiger partial charge in [-0.15, -0.1) is 0 Å². The van der Waals surface area contributed by atoms with E-state index in [1.807, 2.05) is 6.07 Å². The zero-order valence-electron chi connectivity index (χ0n) is 9.99. The van der Waals surface area contributed by atoms with Crippen molar-refractivity contribution in [1.29, 1.82) is 0 Å². The van der Waals surface area contributed by atoms with E-state index in [1.165, 1.54) is 0 Å². The second-order valence-corrected chi connectivity index (χ2v) is 4.64. The first-order valence-electron chi connectivity index (χ1n) is 5.51. The quantitative estimate of drug-likeness (QED) is 0.777. The highest BCUT2D eigenvalue weighted by atomic mass is 15.1. The molecule has 16 heavy (non-hydrogen) atoms. The molecule has 1 aromatic heterocycles. The van der Waals surface area contributed by atoms with Crippen LogP contribution < -0.4 is 10.6 Å². The van der Waals surface area contributed by atoms with Crippen molar-refractivity contribution in [1.82, 2.24) is 10.2 Å². The molecule has 0 aliphatic rings. The van der Waals surface area contributed by atoms with Gasteiger partial charge in [0.1, 0.15) is 0 Å². The van der Waals surface area contributed by atoms with E-state index < -0.39 is 0 Å². The Balaban J connectivity index is 2.38. The van der Waals surface area contributed by atoms with Crippen LogP contribution in [0.1, 0.15) is 13.8 Å². The number of nitrogens with zero attached hydrogens (tertiary/aromatic N) is 2. The van der Waals surface area contributed by atoms with E-state index in [9.17, 15) is 0 Å². The Morgan fingerprint density at radius 1 is 1.44 bits per heavy atom. The second-order valence-electron chi connectivity index (χ2n) is 4.64. The lowest BCUT2D eigenvalue weighted by Crippen LogP contribution is -2.23. The molecule has 0 aliphatic carbocycles. The van der Waals surface area contributed by atoms with Crippen LogP contribution in [0.5, 0.6) is 0 Å². The summed E-state index contributed by atoms with van der Waals surface area (Å²) in [7, 11) is 2.06.